The summed E-state index contributed by atoms with van der Waals surface area (Å²) in [6, 6.07) is 0.243. The van der Waals surface area contributed by atoms with Crippen LogP contribution < -0.4 is 5.32 Å². The summed E-state index contributed by atoms with van der Waals surface area (Å²) in [6.07, 6.45) is 19.3. The van der Waals surface area contributed by atoms with Gasteiger partial charge in [-0.25, -0.2) is 0 Å². The second-order valence-electron chi connectivity index (χ2n) is 5.73. The second kappa shape index (κ2) is 4.09. The Morgan fingerprint density at radius 2 is 1.84 bits per heavy atom. The molecule has 1 saturated carbocycles. The van der Waals surface area contributed by atoms with Gasteiger partial charge in [-0.3, -0.25) is 4.79 Å². The molecule has 0 spiro atoms. The van der Waals surface area contributed by atoms with Gasteiger partial charge in [0.1, 0.15) is 0 Å². The molecule has 2 heteroatoms. The van der Waals surface area contributed by atoms with Gasteiger partial charge in [-0.1, -0.05) is 48.6 Å². The Labute approximate surface area is 113 Å². The predicted molar refractivity (Wildman–Crippen MR) is 75.2 cm³/mol. The Kier molecular flexibility index (Phi) is 2.37. The van der Waals surface area contributed by atoms with E-state index in [1.807, 2.05) is 12.2 Å². The number of fused-ring (bicyclic) bond motifs is 4. The highest BCUT2D eigenvalue weighted by atomic mass is 16.2. The molecule has 96 valence electrons. The van der Waals surface area contributed by atoms with Crippen LogP contribution in [0.15, 0.2) is 59.8 Å². The number of allylic oxidation sites excluding steroid dienone is 7. The molecule has 0 aromatic carbocycles. The zero-order valence-electron chi connectivity index (χ0n) is 10.8. The summed E-state index contributed by atoms with van der Waals surface area (Å²) < 4.78 is 0. The molecule has 0 radical (unpaired) electrons. The number of nitrogens with one attached hydrogen (secondary N) is 1. The Morgan fingerprint density at radius 3 is 2.79 bits per heavy atom. The minimum atomic E-state index is -0.0747. The largest absolute Gasteiger partial charge is 0.349 e. The van der Waals surface area contributed by atoms with E-state index in [-0.39, 0.29) is 17.9 Å². The molecule has 4 atom stereocenters. The van der Waals surface area contributed by atoms with Crippen LogP contribution in [0.25, 0.3) is 0 Å². The Balaban J connectivity index is 1.85. The lowest BCUT2D eigenvalue weighted by Crippen LogP contribution is -2.49. The summed E-state index contributed by atoms with van der Waals surface area (Å²) in [5, 5.41) is 3.21. The first-order valence-corrected chi connectivity index (χ1v) is 7.09. The lowest BCUT2D eigenvalue weighted by Gasteiger charge is -2.43. The molecule has 1 aliphatic heterocycles. The fourth-order valence-electron chi connectivity index (χ4n) is 3.86. The molecule has 4 aliphatic rings. The highest BCUT2D eigenvalue weighted by Gasteiger charge is 2.41. The van der Waals surface area contributed by atoms with Gasteiger partial charge in [0.25, 0.3) is 0 Å². The molecule has 1 N–H and O–H groups in total. The van der Waals surface area contributed by atoms with Gasteiger partial charge >= 0.3 is 0 Å². The normalized spacial score (nSPS) is 38.6. The van der Waals surface area contributed by atoms with Gasteiger partial charge in [-0.2, -0.15) is 0 Å². The van der Waals surface area contributed by atoms with Gasteiger partial charge < -0.3 is 5.32 Å². The summed E-state index contributed by atoms with van der Waals surface area (Å²) in [5.41, 5.74) is 2.69. The van der Waals surface area contributed by atoms with Crippen LogP contribution in [0.5, 0.6) is 0 Å². The van der Waals surface area contributed by atoms with Crippen molar-refractivity contribution in [1.82, 2.24) is 5.32 Å². The number of carbonyl (C=O) groups is 1. The molecular formula is C17H17NO. The summed E-state index contributed by atoms with van der Waals surface area (Å²) in [5.74, 6) is 1.17. The molecule has 0 aromatic heterocycles. The molecule has 2 nitrogen and oxygen atoms in total. The van der Waals surface area contributed by atoms with Crippen molar-refractivity contribution in [2.75, 3.05) is 0 Å². The Hall–Kier alpha value is -1.83. The van der Waals surface area contributed by atoms with Crippen LogP contribution in [0.1, 0.15) is 12.8 Å². The van der Waals surface area contributed by atoms with E-state index in [0.717, 1.165) is 12.8 Å². The number of rotatable bonds is 0. The first-order chi connectivity index (χ1) is 9.34. The van der Waals surface area contributed by atoms with Gasteiger partial charge in [0.15, 0.2) is 0 Å². The SMILES string of the molecule is O=C1NC2CCC3C=CC=CC3C2=C2C=CC=CC12. The van der Waals surface area contributed by atoms with E-state index >= 15 is 0 Å². The van der Waals surface area contributed by atoms with Crippen molar-refractivity contribution in [2.45, 2.75) is 18.9 Å². The van der Waals surface area contributed by atoms with Crippen molar-refractivity contribution < 1.29 is 4.79 Å². The number of hydrogen-bond donors (Lipinski definition) is 1. The quantitative estimate of drug-likeness (QED) is 0.704. The number of carbonyl (C=O) groups excluding carboxylic acids is 1. The summed E-state index contributed by atoms with van der Waals surface area (Å²) in [7, 11) is 0. The van der Waals surface area contributed by atoms with E-state index in [1.54, 1.807) is 0 Å². The monoisotopic (exact) mass is 251 g/mol. The molecule has 0 bridgehead atoms. The Bertz CT molecular complexity index is 576. The summed E-state index contributed by atoms with van der Waals surface area (Å²) in [6.45, 7) is 0. The van der Waals surface area contributed by atoms with Gasteiger partial charge in [0, 0.05) is 5.92 Å². The van der Waals surface area contributed by atoms with Crippen LogP contribution in [-0.4, -0.2) is 11.9 Å². The molecule has 1 amide bonds. The zero-order valence-corrected chi connectivity index (χ0v) is 10.8. The van der Waals surface area contributed by atoms with E-state index in [4.69, 9.17) is 0 Å². The maximum absolute atomic E-state index is 12.2. The molecular weight excluding hydrogens is 234 g/mol. The van der Waals surface area contributed by atoms with E-state index in [0.29, 0.717) is 11.8 Å². The third-order valence-corrected chi connectivity index (χ3v) is 4.73. The van der Waals surface area contributed by atoms with Crippen molar-refractivity contribution in [2.24, 2.45) is 17.8 Å². The smallest absolute Gasteiger partial charge is 0.231 e. The number of amides is 1. The fourth-order valence-corrected chi connectivity index (χ4v) is 3.86. The first-order valence-electron chi connectivity index (χ1n) is 7.09. The average Bonchev–Trinajstić information content (AvgIpc) is 2.47. The van der Waals surface area contributed by atoms with E-state index in [1.165, 1.54) is 11.1 Å². The minimum absolute atomic E-state index is 0.0747. The minimum Gasteiger partial charge on any atom is -0.349 e. The topological polar surface area (TPSA) is 29.1 Å². The van der Waals surface area contributed by atoms with Crippen LogP contribution in [0.2, 0.25) is 0 Å². The molecule has 0 aromatic rings. The lowest BCUT2D eigenvalue weighted by atomic mass is 9.66. The maximum Gasteiger partial charge on any atom is 0.231 e. The van der Waals surface area contributed by atoms with Crippen molar-refractivity contribution in [3.05, 3.63) is 59.8 Å². The lowest BCUT2D eigenvalue weighted by molar-refractivity contribution is -0.123. The fraction of sp³-hybridized carbons (Fsp3) is 0.353. The Morgan fingerprint density at radius 1 is 1.00 bits per heavy atom. The molecule has 19 heavy (non-hydrogen) atoms. The zero-order chi connectivity index (χ0) is 12.8. The van der Waals surface area contributed by atoms with E-state index in [2.05, 4.69) is 41.8 Å². The highest BCUT2D eigenvalue weighted by molar-refractivity contribution is 5.87. The molecule has 4 rings (SSSR count). The van der Waals surface area contributed by atoms with Crippen LogP contribution in [0.4, 0.5) is 0 Å². The predicted octanol–water partition coefficient (Wildman–Crippen LogP) is 2.68. The van der Waals surface area contributed by atoms with Crippen molar-refractivity contribution in [1.29, 1.82) is 0 Å². The van der Waals surface area contributed by atoms with Gasteiger partial charge in [0.05, 0.1) is 12.0 Å². The van der Waals surface area contributed by atoms with Crippen molar-refractivity contribution >= 4 is 5.91 Å². The van der Waals surface area contributed by atoms with Gasteiger partial charge in [-0.05, 0) is 29.9 Å². The molecule has 1 fully saturated rings. The van der Waals surface area contributed by atoms with E-state index < -0.39 is 0 Å². The van der Waals surface area contributed by atoms with Gasteiger partial charge in [0.2, 0.25) is 5.91 Å². The summed E-state index contributed by atoms with van der Waals surface area (Å²) >= 11 is 0. The molecule has 3 aliphatic carbocycles. The van der Waals surface area contributed by atoms with Crippen molar-refractivity contribution in [3.8, 4) is 0 Å². The summed E-state index contributed by atoms with van der Waals surface area (Å²) in [4.78, 5) is 12.2. The first kappa shape index (κ1) is 11.0. The van der Waals surface area contributed by atoms with Crippen LogP contribution in [-0.2, 0) is 4.79 Å². The highest BCUT2D eigenvalue weighted by Crippen LogP contribution is 2.44. The number of hydrogen-bond acceptors (Lipinski definition) is 1. The molecule has 1 heterocycles. The third-order valence-electron chi connectivity index (χ3n) is 4.73. The molecule has 4 unspecified atom stereocenters. The standard InChI is InChI=1S/C17H17NO/c19-17-14-8-4-3-7-13(14)16-12-6-2-1-5-11(12)9-10-15(16)18-17/h1-8,11-12,14-15H,9-10H2,(H,18,19). The van der Waals surface area contributed by atoms with Crippen LogP contribution in [0.3, 0.4) is 0 Å². The van der Waals surface area contributed by atoms with Gasteiger partial charge in [-0.15, -0.1) is 0 Å². The van der Waals surface area contributed by atoms with E-state index in [9.17, 15) is 4.79 Å². The van der Waals surface area contributed by atoms with Crippen molar-refractivity contribution in [3.63, 3.8) is 0 Å². The second-order valence-corrected chi connectivity index (χ2v) is 5.73. The van der Waals surface area contributed by atoms with Crippen LogP contribution in [0, 0.1) is 17.8 Å². The molecule has 0 saturated heterocycles. The maximum atomic E-state index is 12.2. The third kappa shape index (κ3) is 1.59. The average molecular weight is 251 g/mol. The van der Waals surface area contributed by atoms with Crippen LogP contribution >= 0.6 is 0 Å².